The van der Waals surface area contributed by atoms with Crippen molar-refractivity contribution >= 4 is 28.3 Å². The number of carbonyl (C=O) groups is 1. The first kappa shape index (κ1) is 22.4. The predicted octanol–water partition coefficient (Wildman–Crippen LogP) is 6.12. The summed E-state index contributed by atoms with van der Waals surface area (Å²) in [6, 6.07) is 15.9. The first-order valence-corrected chi connectivity index (χ1v) is 11.1. The number of benzene rings is 2. The lowest BCUT2D eigenvalue weighted by molar-refractivity contribution is 0.0448. The molecule has 0 unspecified atom stereocenters. The first-order chi connectivity index (χ1) is 14.5. The molecular formula is C25H31ClN2O2. The average molecular weight is 427 g/mol. The maximum Gasteiger partial charge on any atom is 0.355 e. The Labute approximate surface area is 184 Å². The second-order valence-electron chi connectivity index (χ2n) is 7.92. The highest BCUT2D eigenvalue weighted by Gasteiger charge is 2.24. The lowest BCUT2D eigenvalue weighted by Gasteiger charge is -2.21. The van der Waals surface area contributed by atoms with Gasteiger partial charge in [-0.2, -0.15) is 0 Å². The lowest BCUT2D eigenvalue weighted by atomic mass is 10.1. The molecule has 0 radical (unpaired) electrons. The van der Waals surface area contributed by atoms with Gasteiger partial charge in [0.2, 0.25) is 0 Å². The summed E-state index contributed by atoms with van der Waals surface area (Å²) >= 11 is 6.36. The standard InChI is InChI=1S/C25H31ClN2O2/c1-5-27(6-2)14-15-28-23(19-10-8-7-9-11-19)22-16-20(26)12-13-21(22)24(28)25(29)30-17-18(3)4/h7-13,16,18H,5-6,14-15,17H2,1-4H3. The van der Waals surface area contributed by atoms with Gasteiger partial charge in [-0.15, -0.1) is 0 Å². The third kappa shape index (κ3) is 4.88. The molecule has 3 rings (SSSR count). The van der Waals surface area contributed by atoms with Gasteiger partial charge in [-0.25, -0.2) is 4.79 Å². The Morgan fingerprint density at radius 1 is 1.07 bits per heavy atom. The second kappa shape index (κ2) is 10.1. The fraction of sp³-hybridized carbons (Fsp3) is 0.400. The van der Waals surface area contributed by atoms with Gasteiger partial charge in [-0.1, -0.05) is 75.7 Å². The number of halogens is 1. The highest BCUT2D eigenvalue weighted by atomic mass is 35.5. The third-order valence-electron chi connectivity index (χ3n) is 5.35. The molecule has 0 saturated heterocycles. The van der Waals surface area contributed by atoms with Gasteiger partial charge in [0.05, 0.1) is 12.3 Å². The summed E-state index contributed by atoms with van der Waals surface area (Å²) in [6.07, 6.45) is 0. The molecule has 0 fully saturated rings. The van der Waals surface area contributed by atoms with Crippen molar-refractivity contribution < 1.29 is 9.53 Å². The van der Waals surface area contributed by atoms with Crippen LogP contribution in [0.5, 0.6) is 0 Å². The molecule has 0 amide bonds. The van der Waals surface area contributed by atoms with Crippen LogP contribution in [0.2, 0.25) is 5.02 Å². The van der Waals surface area contributed by atoms with E-state index in [9.17, 15) is 4.79 Å². The molecule has 30 heavy (non-hydrogen) atoms. The average Bonchev–Trinajstić information content (AvgIpc) is 3.06. The molecule has 2 aromatic carbocycles. The smallest absolute Gasteiger partial charge is 0.355 e. The molecule has 0 saturated carbocycles. The Kier molecular flexibility index (Phi) is 7.57. The minimum Gasteiger partial charge on any atom is -0.461 e. The van der Waals surface area contributed by atoms with E-state index < -0.39 is 0 Å². The topological polar surface area (TPSA) is 34.5 Å². The summed E-state index contributed by atoms with van der Waals surface area (Å²) in [5.74, 6) is 0.0000828. The van der Waals surface area contributed by atoms with Crippen molar-refractivity contribution in [3.05, 3.63) is 59.2 Å². The molecule has 160 valence electrons. The Morgan fingerprint density at radius 3 is 2.40 bits per heavy atom. The number of esters is 1. The minimum absolute atomic E-state index is 0.280. The normalized spacial score (nSPS) is 11.6. The van der Waals surface area contributed by atoms with Crippen molar-refractivity contribution in [1.29, 1.82) is 0 Å². The van der Waals surface area contributed by atoms with Crippen LogP contribution < -0.4 is 0 Å². The molecule has 0 bridgehead atoms. The number of rotatable bonds is 9. The molecule has 1 heterocycles. The van der Waals surface area contributed by atoms with Gasteiger partial charge in [-0.3, -0.25) is 0 Å². The number of aromatic nitrogens is 1. The molecule has 0 aliphatic rings. The van der Waals surface area contributed by atoms with E-state index in [0.717, 1.165) is 41.7 Å². The van der Waals surface area contributed by atoms with Gasteiger partial charge in [-0.05, 0) is 36.7 Å². The zero-order valence-corrected chi connectivity index (χ0v) is 19.1. The summed E-state index contributed by atoms with van der Waals surface area (Å²) < 4.78 is 7.79. The van der Waals surface area contributed by atoms with E-state index in [-0.39, 0.29) is 11.9 Å². The second-order valence-corrected chi connectivity index (χ2v) is 8.36. The maximum absolute atomic E-state index is 13.2. The van der Waals surface area contributed by atoms with Crippen molar-refractivity contribution in [2.75, 3.05) is 26.2 Å². The number of ether oxygens (including phenoxy) is 1. The van der Waals surface area contributed by atoms with Gasteiger partial charge in [0.1, 0.15) is 5.69 Å². The fourth-order valence-corrected chi connectivity index (χ4v) is 3.94. The third-order valence-corrected chi connectivity index (χ3v) is 5.59. The van der Waals surface area contributed by atoms with E-state index in [2.05, 4.69) is 35.4 Å². The summed E-state index contributed by atoms with van der Waals surface area (Å²) in [5, 5.41) is 2.51. The summed E-state index contributed by atoms with van der Waals surface area (Å²) in [5.41, 5.74) is 2.68. The van der Waals surface area contributed by atoms with Crippen LogP contribution >= 0.6 is 11.6 Å². The first-order valence-electron chi connectivity index (χ1n) is 10.7. The quantitative estimate of drug-likeness (QED) is 0.387. The van der Waals surface area contributed by atoms with Crippen LogP contribution in [0, 0.1) is 5.92 Å². The van der Waals surface area contributed by atoms with Crippen LogP contribution in [-0.2, 0) is 11.3 Å². The molecule has 3 aromatic rings. The monoisotopic (exact) mass is 426 g/mol. The van der Waals surface area contributed by atoms with Crippen LogP contribution in [0.3, 0.4) is 0 Å². The van der Waals surface area contributed by atoms with E-state index >= 15 is 0 Å². The molecule has 1 aromatic heterocycles. The zero-order chi connectivity index (χ0) is 21.7. The predicted molar refractivity (Wildman–Crippen MR) is 125 cm³/mol. The highest BCUT2D eigenvalue weighted by Crippen LogP contribution is 2.36. The molecule has 0 atom stereocenters. The van der Waals surface area contributed by atoms with E-state index in [1.165, 1.54) is 0 Å². The Morgan fingerprint density at radius 2 is 1.77 bits per heavy atom. The van der Waals surface area contributed by atoms with Gasteiger partial charge < -0.3 is 14.2 Å². The van der Waals surface area contributed by atoms with Crippen LogP contribution in [0.15, 0.2) is 48.5 Å². The van der Waals surface area contributed by atoms with E-state index in [1.54, 1.807) is 0 Å². The minimum atomic E-state index is -0.280. The van der Waals surface area contributed by atoms with E-state index in [0.29, 0.717) is 23.9 Å². The molecule has 5 heteroatoms. The van der Waals surface area contributed by atoms with Crippen molar-refractivity contribution in [3.63, 3.8) is 0 Å². The molecule has 0 spiro atoms. The molecule has 0 aliphatic carbocycles. The maximum atomic E-state index is 13.2. The van der Waals surface area contributed by atoms with Crippen molar-refractivity contribution in [1.82, 2.24) is 9.47 Å². The number of nitrogens with zero attached hydrogens (tertiary/aromatic N) is 2. The number of hydrogen-bond donors (Lipinski definition) is 0. The van der Waals surface area contributed by atoms with Crippen LogP contribution in [0.1, 0.15) is 38.2 Å². The zero-order valence-electron chi connectivity index (χ0n) is 18.3. The largest absolute Gasteiger partial charge is 0.461 e. The SMILES string of the molecule is CCN(CC)CCn1c(C(=O)OCC(C)C)c2ccc(Cl)cc2c1-c1ccccc1. The van der Waals surface area contributed by atoms with Gasteiger partial charge in [0.25, 0.3) is 0 Å². The summed E-state index contributed by atoms with van der Waals surface area (Å²) in [4.78, 5) is 15.6. The van der Waals surface area contributed by atoms with Crippen molar-refractivity contribution in [2.45, 2.75) is 34.2 Å². The molecular weight excluding hydrogens is 396 g/mol. The van der Waals surface area contributed by atoms with E-state index in [1.807, 2.05) is 50.2 Å². The Hall–Kier alpha value is -2.30. The summed E-state index contributed by atoms with van der Waals surface area (Å²) in [7, 11) is 0. The highest BCUT2D eigenvalue weighted by molar-refractivity contribution is 6.31. The number of fused-ring (bicyclic) bond motifs is 1. The number of carbonyl (C=O) groups excluding carboxylic acids is 1. The van der Waals surface area contributed by atoms with Gasteiger partial charge >= 0.3 is 5.97 Å². The van der Waals surface area contributed by atoms with Crippen LogP contribution in [0.25, 0.3) is 22.0 Å². The number of likely N-dealkylation sites (N-methyl/N-ethyl adjacent to an activating group) is 1. The lowest BCUT2D eigenvalue weighted by Crippen LogP contribution is -2.28. The molecule has 0 aliphatic heterocycles. The van der Waals surface area contributed by atoms with Gasteiger partial charge in [0, 0.05) is 28.9 Å². The Bertz CT molecular complexity index is 991. The van der Waals surface area contributed by atoms with Crippen molar-refractivity contribution in [2.24, 2.45) is 5.92 Å². The van der Waals surface area contributed by atoms with Crippen LogP contribution in [0.4, 0.5) is 0 Å². The Balaban J connectivity index is 2.20. The number of hydrogen-bond acceptors (Lipinski definition) is 3. The van der Waals surface area contributed by atoms with Crippen LogP contribution in [-0.4, -0.2) is 41.7 Å². The van der Waals surface area contributed by atoms with Crippen molar-refractivity contribution in [3.8, 4) is 11.3 Å². The molecule has 0 N–H and O–H groups in total. The molecule has 4 nitrogen and oxygen atoms in total. The van der Waals surface area contributed by atoms with Gasteiger partial charge in [0.15, 0.2) is 0 Å². The summed E-state index contributed by atoms with van der Waals surface area (Å²) in [6.45, 7) is 12.3. The fourth-order valence-electron chi connectivity index (χ4n) is 3.76. The van der Waals surface area contributed by atoms with E-state index in [4.69, 9.17) is 16.3 Å².